The van der Waals surface area contributed by atoms with Gasteiger partial charge in [-0.05, 0) is 43.0 Å². The largest absolute Gasteiger partial charge is 0.341 e. The number of carbonyl (C=O) groups is 1. The zero-order valence-corrected chi connectivity index (χ0v) is 18.2. The number of hydrogen-bond acceptors (Lipinski definition) is 4. The summed E-state index contributed by atoms with van der Waals surface area (Å²) >= 11 is 0. The molecule has 3 rings (SSSR count). The maximum atomic E-state index is 13.7. The van der Waals surface area contributed by atoms with Crippen LogP contribution >= 0.6 is 0 Å². The Bertz CT molecular complexity index is 1020. The second-order valence-corrected chi connectivity index (χ2v) is 9.98. The number of rotatable bonds is 6. The molecule has 1 heterocycles. The first-order valence-corrected chi connectivity index (χ1v) is 11.7. The van der Waals surface area contributed by atoms with Crippen LogP contribution < -0.4 is 0 Å². The average molecular weight is 426 g/mol. The third kappa shape index (κ3) is 4.40. The van der Waals surface area contributed by atoms with Gasteiger partial charge in [0.05, 0.1) is 22.8 Å². The van der Waals surface area contributed by atoms with Crippen molar-refractivity contribution < 1.29 is 13.2 Å². The van der Waals surface area contributed by atoms with Crippen LogP contribution in [-0.2, 0) is 26.8 Å². The third-order valence-corrected chi connectivity index (χ3v) is 7.80. The molecule has 158 valence electrons. The number of carbonyl (C=O) groups excluding carboxylic acids is 1. The Balaban J connectivity index is 1.86. The molecule has 0 unspecified atom stereocenters. The second kappa shape index (κ2) is 8.99. The van der Waals surface area contributed by atoms with Gasteiger partial charge in [-0.1, -0.05) is 42.5 Å². The van der Waals surface area contributed by atoms with Gasteiger partial charge in [0.1, 0.15) is 0 Å². The second-order valence-electron chi connectivity index (χ2n) is 7.72. The molecular weight excluding hydrogens is 398 g/mol. The molecular formula is C23H27N3O3S. The van der Waals surface area contributed by atoms with E-state index in [4.69, 9.17) is 5.26 Å². The smallest absolute Gasteiger partial charge is 0.233 e. The predicted octanol–water partition coefficient (Wildman–Crippen LogP) is 2.90. The van der Waals surface area contributed by atoms with Crippen LogP contribution in [0.5, 0.6) is 0 Å². The van der Waals surface area contributed by atoms with Crippen molar-refractivity contribution in [1.82, 2.24) is 9.21 Å². The van der Waals surface area contributed by atoms with Crippen molar-refractivity contribution in [3.8, 4) is 6.07 Å². The Morgan fingerprint density at radius 1 is 1.10 bits per heavy atom. The van der Waals surface area contributed by atoms with E-state index < -0.39 is 15.4 Å². The summed E-state index contributed by atoms with van der Waals surface area (Å²) in [5.74, 6) is 0.0596. The minimum atomic E-state index is -3.27. The maximum Gasteiger partial charge on any atom is 0.233 e. The lowest BCUT2D eigenvalue weighted by Gasteiger charge is -2.42. The first-order chi connectivity index (χ1) is 14.3. The van der Waals surface area contributed by atoms with Crippen LogP contribution in [0.3, 0.4) is 0 Å². The summed E-state index contributed by atoms with van der Waals surface area (Å²) in [5.41, 5.74) is 1.70. The molecule has 1 saturated heterocycles. The Kier molecular flexibility index (Phi) is 6.59. The number of likely N-dealkylation sites (N-methyl/N-ethyl adjacent to an activating group) is 1. The quantitative estimate of drug-likeness (QED) is 0.713. The van der Waals surface area contributed by atoms with Crippen LogP contribution in [-0.4, -0.2) is 49.4 Å². The SMILES string of the molecule is CCS(=O)(=O)N1CCC(C(=O)N(C)Cc2ccc(C#N)cc2)(c2ccccc2)CC1. The number of benzene rings is 2. The molecule has 0 atom stereocenters. The lowest BCUT2D eigenvalue weighted by Crippen LogP contribution is -2.53. The summed E-state index contributed by atoms with van der Waals surface area (Å²) in [4.78, 5) is 15.4. The fraction of sp³-hybridized carbons (Fsp3) is 0.391. The lowest BCUT2D eigenvalue weighted by molar-refractivity contribution is -0.138. The van der Waals surface area contributed by atoms with Crippen LogP contribution in [0, 0.1) is 11.3 Å². The van der Waals surface area contributed by atoms with E-state index >= 15 is 0 Å². The van der Waals surface area contributed by atoms with Crippen molar-refractivity contribution in [1.29, 1.82) is 5.26 Å². The van der Waals surface area contributed by atoms with E-state index in [1.165, 1.54) is 4.31 Å². The first-order valence-electron chi connectivity index (χ1n) is 10.1. The standard InChI is InChI=1S/C23H27N3O3S/c1-3-30(28,29)26-15-13-23(14-16-26,21-7-5-4-6-8-21)22(27)25(2)18-20-11-9-19(17-24)10-12-20/h4-12H,3,13-16,18H2,1-2H3. The molecule has 0 saturated carbocycles. The van der Waals surface area contributed by atoms with Crippen molar-refractivity contribution in [2.45, 2.75) is 31.7 Å². The first kappa shape index (κ1) is 22.0. The number of nitriles is 1. The van der Waals surface area contributed by atoms with Gasteiger partial charge in [0, 0.05) is 26.7 Å². The molecule has 0 bridgehead atoms. The molecule has 6 nitrogen and oxygen atoms in total. The molecule has 0 aromatic heterocycles. The summed E-state index contributed by atoms with van der Waals surface area (Å²) in [6.45, 7) is 2.74. The van der Waals surface area contributed by atoms with E-state index in [0.29, 0.717) is 38.0 Å². The van der Waals surface area contributed by atoms with Crippen molar-refractivity contribution >= 4 is 15.9 Å². The number of nitrogens with zero attached hydrogens (tertiary/aromatic N) is 3. The van der Waals surface area contributed by atoms with Gasteiger partial charge in [0.2, 0.25) is 15.9 Å². The lowest BCUT2D eigenvalue weighted by atomic mass is 9.72. The fourth-order valence-corrected chi connectivity index (χ4v) is 5.21. The highest BCUT2D eigenvalue weighted by Gasteiger charge is 2.45. The van der Waals surface area contributed by atoms with E-state index in [-0.39, 0.29) is 11.7 Å². The molecule has 30 heavy (non-hydrogen) atoms. The molecule has 0 radical (unpaired) electrons. The Labute approximate surface area is 178 Å². The van der Waals surface area contributed by atoms with Gasteiger partial charge in [-0.25, -0.2) is 12.7 Å². The van der Waals surface area contributed by atoms with Crippen molar-refractivity contribution in [3.05, 3.63) is 71.3 Å². The Morgan fingerprint density at radius 3 is 2.23 bits per heavy atom. The zero-order chi connectivity index (χ0) is 21.8. The van der Waals surface area contributed by atoms with Gasteiger partial charge in [0.25, 0.3) is 0 Å². The highest BCUT2D eigenvalue weighted by molar-refractivity contribution is 7.89. The van der Waals surface area contributed by atoms with Crippen LogP contribution in [0.4, 0.5) is 0 Å². The van der Waals surface area contributed by atoms with Gasteiger partial charge < -0.3 is 4.90 Å². The van der Waals surface area contributed by atoms with Gasteiger partial charge >= 0.3 is 0 Å². The van der Waals surface area contributed by atoms with Gasteiger partial charge in [-0.15, -0.1) is 0 Å². The zero-order valence-electron chi connectivity index (χ0n) is 17.4. The summed E-state index contributed by atoms with van der Waals surface area (Å²) in [5, 5.41) is 8.96. The normalized spacial score (nSPS) is 16.6. The van der Waals surface area contributed by atoms with Crippen LogP contribution in [0.1, 0.15) is 36.5 Å². The molecule has 0 spiro atoms. The van der Waals surface area contributed by atoms with E-state index in [1.54, 1.807) is 31.0 Å². The fourth-order valence-electron chi connectivity index (χ4n) is 4.11. The maximum absolute atomic E-state index is 13.7. The van der Waals surface area contributed by atoms with Gasteiger partial charge in [0.15, 0.2) is 0 Å². The Morgan fingerprint density at radius 2 is 1.70 bits per heavy atom. The molecule has 1 aliphatic rings. The van der Waals surface area contributed by atoms with Crippen LogP contribution in [0.25, 0.3) is 0 Å². The topological polar surface area (TPSA) is 81.5 Å². The number of hydrogen-bond donors (Lipinski definition) is 0. The summed E-state index contributed by atoms with van der Waals surface area (Å²) < 4.78 is 26.1. The molecule has 0 aliphatic carbocycles. The molecule has 1 fully saturated rings. The average Bonchev–Trinajstić information content (AvgIpc) is 2.79. The van der Waals surface area contributed by atoms with E-state index in [2.05, 4.69) is 6.07 Å². The number of piperidine rings is 1. The predicted molar refractivity (Wildman–Crippen MR) is 116 cm³/mol. The minimum Gasteiger partial charge on any atom is -0.341 e. The molecule has 2 aromatic carbocycles. The Hall–Kier alpha value is -2.69. The monoisotopic (exact) mass is 425 g/mol. The van der Waals surface area contributed by atoms with Crippen molar-refractivity contribution in [2.75, 3.05) is 25.9 Å². The summed E-state index contributed by atoms with van der Waals surface area (Å²) in [7, 11) is -1.49. The molecule has 0 N–H and O–H groups in total. The van der Waals surface area contributed by atoms with E-state index in [1.807, 2.05) is 42.5 Å². The molecule has 1 amide bonds. The minimum absolute atomic E-state index is 0.00777. The van der Waals surface area contributed by atoms with Crippen LogP contribution in [0.15, 0.2) is 54.6 Å². The summed E-state index contributed by atoms with van der Waals surface area (Å²) in [6, 6.07) is 19.0. The highest BCUT2D eigenvalue weighted by atomic mass is 32.2. The van der Waals surface area contributed by atoms with Gasteiger partial charge in [-0.3, -0.25) is 4.79 Å². The summed E-state index contributed by atoms with van der Waals surface area (Å²) in [6.07, 6.45) is 0.902. The molecule has 2 aromatic rings. The van der Waals surface area contributed by atoms with Crippen molar-refractivity contribution in [3.63, 3.8) is 0 Å². The molecule has 1 aliphatic heterocycles. The number of amides is 1. The van der Waals surface area contributed by atoms with E-state index in [9.17, 15) is 13.2 Å². The van der Waals surface area contributed by atoms with Crippen molar-refractivity contribution in [2.24, 2.45) is 0 Å². The number of sulfonamides is 1. The third-order valence-electron chi connectivity index (χ3n) is 5.92. The highest BCUT2D eigenvalue weighted by Crippen LogP contribution is 2.38. The van der Waals surface area contributed by atoms with Gasteiger partial charge in [-0.2, -0.15) is 5.26 Å². The van der Waals surface area contributed by atoms with Crippen LogP contribution in [0.2, 0.25) is 0 Å². The van der Waals surface area contributed by atoms with E-state index in [0.717, 1.165) is 11.1 Å². The molecule has 7 heteroatoms.